The van der Waals surface area contributed by atoms with E-state index in [-0.39, 0.29) is 23.8 Å². The average molecular weight is 412 g/mol. The van der Waals surface area contributed by atoms with Gasteiger partial charge in [-0.2, -0.15) is 26.3 Å². The molecule has 12 heteroatoms. The van der Waals surface area contributed by atoms with Crippen LogP contribution in [0.1, 0.15) is 21.5 Å². The summed E-state index contributed by atoms with van der Waals surface area (Å²) in [5.41, 5.74) is 0.704. The van der Waals surface area contributed by atoms with Crippen molar-refractivity contribution >= 4 is 21.6 Å². The molecular formula is C15H10F6N2O3S. The molecule has 0 saturated carbocycles. The zero-order valence-electron chi connectivity index (χ0n) is 13.0. The van der Waals surface area contributed by atoms with E-state index in [9.17, 15) is 39.6 Å². The van der Waals surface area contributed by atoms with Gasteiger partial charge in [-0.15, -0.1) is 0 Å². The quantitative estimate of drug-likeness (QED) is 0.752. The maximum atomic E-state index is 12.8. The third-order valence-corrected chi connectivity index (χ3v) is 4.69. The molecule has 0 saturated heterocycles. The van der Waals surface area contributed by atoms with Gasteiger partial charge in [-0.3, -0.25) is 9.52 Å². The molecule has 0 aliphatic carbocycles. The zero-order valence-corrected chi connectivity index (χ0v) is 13.8. The number of carbonyl (C=O) groups excluding carboxylic acids is 1. The van der Waals surface area contributed by atoms with Crippen molar-refractivity contribution in [2.45, 2.75) is 17.2 Å². The number of primary amides is 1. The second-order valence-electron chi connectivity index (χ2n) is 5.29. The molecule has 0 unspecified atom stereocenters. The lowest BCUT2D eigenvalue weighted by Crippen LogP contribution is -2.17. The summed E-state index contributed by atoms with van der Waals surface area (Å²) in [7, 11) is -4.52. The lowest BCUT2D eigenvalue weighted by Gasteiger charge is -2.15. The Labute approximate surface area is 148 Å². The van der Waals surface area contributed by atoms with Crippen LogP contribution in [0.25, 0.3) is 0 Å². The van der Waals surface area contributed by atoms with Gasteiger partial charge in [0.1, 0.15) is 0 Å². The Bertz CT molecular complexity index is 934. The number of benzene rings is 2. The second-order valence-corrected chi connectivity index (χ2v) is 6.97. The number of rotatable bonds is 4. The number of alkyl halides is 6. The average Bonchev–Trinajstić information content (AvgIpc) is 2.52. The van der Waals surface area contributed by atoms with E-state index in [2.05, 4.69) is 0 Å². The molecule has 2 rings (SSSR count). The summed E-state index contributed by atoms with van der Waals surface area (Å²) < 4.78 is 103. The largest absolute Gasteiger partial charge is 0.416 e. The number of hydrogen-bond donors (Lipinski definition) is 2. The molecular weight excluding hydrogens is 402 g/mol. The van der Waals surface area contributed by atoms with Crippen molar-refractivity contribution in [3.8, 4) is 0 Å². The van der Waals surface area contributed by atoms with Crippen LogP contribution in [-0.2, 0) is 22.4 Å². The molecule has 3 N–H and O–H groups in total. The molecule has 0 heterocycles. The maximum Gasteiger partial charge on any atom is 0.416 e. The van der Waals surface area contributed by atoms with E-state index in [1.165, 1.54) is 0 Å². The van der Waals surface area contributed by atoms with Crippen molar-refractivity contribution in [3.63, 3.8) is 0 Å². The third kappa shape index (κ3) is 4.90. The topological polar surface area (TPSA) is 89.3 Å². The molecule has 27 heavy (non-hydrogen) atoms. The molecule has 2 aromatic carbocycles. The van der Waals surface area contributed by atoms with Crippen molar-refractivity contribution in [1.29, 1.82) is 0 Å². The van der Waals surface area contributed by atoms with E-state index in [0.717, 1.165) is 24.3 Å². The number of halogens is 6. The standard InChI is InChI=1S/C15H10F6N2O3S/c16-14(17,18)9-5-10(15(19,20)21)7-11(6-9)23-27(25,26)12-3-1-8(2-4-12)13(22)24/h1-7,23H,(H2,22,24). The first-order valence-corrected chi connectivity index (χ1v) is 8.40. The molecule has 146 valence electrons. The predicted molar refractivity (Wildman–Crippen MR) is 82.2 cm³/mol. The molecule has 0 aliphatic heterocycles. The number of anilines is 1. The number of nitrogens with two attached hydrogens (primary N) is 1. The fourth-order valence-electron chi connectivity index (χ4n) is 2.03. The summed E-state index contributed by atoms with van der Waals surface area (Å²) in [6.45, 7) is 0. The van der Waals surface area contributed by atoms with Crippen LogP contribution in [0.4, 0.5) is 32.0 Å². The van der Waals surface area contributed by atoms with Crippen molar-refractivity contribution in [1.82, 2.24) is 0 Å². The number of sulfonamides is 1. The van der Waals surface area contributed by atoms with E-state index in [0.29, 0.717) is 0 Å². The van der Waals surface area contributed by atoms with Crippen molar-refractivity contribution in [3.05, 3.63) is 59.2 Å². The van der Waals surface area contributed by atoms with Crippen LogP contribution in [-0.4, -0.2) is 14.3 Å². The summed E-state index contributed by atoms with van der Waals surface area (Å²) >= 11 is 0. The van der Waals surface area contributed by atoms with Crippen LogP contribution in [0.15, 0.2) is 47.4 Å². The Hall–Kier alpha value is -2.76. The zero-order chi connectivity index (χ0) is 20.6. The smallest absolute Gasteiger partial charge is 0.366 e. The van der Waals surface area contributed by atoms with Crippen molar-refractivity contribution in [2.24, 2.45) is 5.73 Å². The normalized spacial score (nSPS) is 12.7. The number of hydrogen-bond acceptors (Lipinski definition) is 3. The van der Waals surface area contributed by atoms with Gasteiger partial charge in [0, 0.05) is 5.56 Å². The molecule has 0 spiro atoms. The first-order valence-electron chi connectivity index (χ1n) is 6.92. The predicted octanol–water partition coefficient (Wildman–Crippen LogP) is 3.62. The minimum Gasteiger partial charge on any atom is -0.366 e. The molecule has 5 nitrogen and oxygen atoms in total. The van der Waals surface area contributed by atoms with Gasteiger partial charge in [-0.25, -0.2) is 8.42 Å². The first kappa shape index (κ1) is 20.6. The number of carbonyl (C=O) groups is 1. The van der Waals surface area contributed by atoms with Crippen molar-refractivity contribution in [2.75, 3.05) is 4.72 Å². The Morgan fingerprint density at radius 3 is 1.67 bits per heavy atom. The highest BCUT2D eigenvalue weighted by Crippen LogP contribution is 2.37. The Kier molecular flexibility index (Phi) is 5.14. The Balaban J connectivity index is 2.47. The summed E-state index contributed by atoms with van der Waals surface area (Å²) in [6, 6.07) is 4.31. The highest BCUT2D eigenvalue weighted by molar-refractivity contribution is 7.92. The van der Waals surface area contributed by atoms with Gasteiger partial charge < -0.3 is 5.73 Å². The van der Waals surface area contributed by atoms with E-state index in [4.69, 9.17) is 5.73 Å². The summed E-state index contributed by atoms with van der Waals surface area (Å²) in [4.78, 5) is 10.5. The number of nitrogens with one attached hydrogen (secondary N) is 1. The maximum absolute atomic E-state index is 12.8. The van der Waals surface area contributed by atoms with Gasteiger partial charge in [0.15, 0.2) is 0 Å². The molecule has 0 bridgehead atoms. The highest BCUT2D eigenvalue weighted by atomic mass is 32.2. The Morgan fingerprint density at radius 1 is 0.852 bits per heavy atom. The monoisotopic (exact) mass is 412 g/mol. The third-order valence-electron chi connectivity index (χ3n) is 3.29. The molecule has 0 atom stereocenters. The molecule has 1 amide bonds. The van der Waals surface area contributed by atoms with Gasteiger partial charge in [0.05, 0.1) is 21.7 Å². The van der Waals surface area contributed by atoms with Gasteiger partial charge in [-0.1, -0.05) is 0 Å². The number of amides is 1. The molecule has 0 aromatic heterocycles. The lowest BCUT2D eigenvalue weighted by molar-refractivity contribution is -0.143. The fraction of sp³-hybridized carbons (Fsp3) is 0.133. The first-order chi connectivity index (χ1) is 12.2. The lowest BCUT2D eigenvalue weighted by atomic mass is 10.1. The van der Waals surface area contributed by atoms with Crippen molar-refractivity contribution < 1.29 is 39.6 Å². The van der Waals surface area contributed by atoms with Gasteiger partial charge in [-0.05, 0) is 42.5 Å². The Morgan fingerprint density at radius 2 is 1.30 bits per heavy atom. The SMILES string of the molecule is NC(=O)c1ccc(S(=O)(=O)Nc2cc(C(F)(F)F)cc(C(F)(F)F)c2)cc1. The highest BCUT2D eigenvalue weighted by Gasteiger charge is 2.37. The van der Waals surface area contributed by atoms with Crippen LogP contribution < -0.4 is 10.5 Å². The van der Waals surface area contributed by atoms with Crippen LogP contribution in [0.3, 0.4) is 0 Å². The molecule has 2 aromatic rings. The van der Waals surface area contributed by atoms with Crippen LogP contribution in [0, 0.1) is 0 Å². The van der Waals surface area contributed by atoms with Gasteiger partial charge >= 0.3 is 12.4 Å². The van der Waals surface area contributed by atoms with E-state index >= 15 is 0 Å². The molecule has 0 aliphatic rings. The summed E-state index contributed by atoms with van der Waals surface area (Å²) in [5, 5.41) is 0. The van der Waals surface area contributed by atoms with E-state index in [1.54, 1.807) is 4.72 Å². The van der Waals surface area contributed by atoms with Gasteiger partial charge in [0.2, 0.25) is 5.91 Å². The molecule has 0 radical (unpaired) electrons. The summed E-state index contributed by atoms with van der Waals surface area (Å²) in [6.07, 6.45) is -10.2. The minimum atomic E-state index is -5.12. The van der Waals surface area contributed by atoms with Crippen LogP contribution >= 0.6 is 0 Å². The van der Waals surface area contributed by atoms with E-state index < -0.39 is 50.0 Å². The minimum absolute atomic E-state index is 0.0348. The molecule has 0 fully saturated rings. The summed E-state index contributed by atoms with van der Waals surface area (Å²) in [5.74, 6) is -0.848. The van der Waals surface area contributed by atoms with Crippen LogP contribution in [0.2, 0.25) is 0 Å². The second kappa shape index (κ2) is 6.76. The van der Waals surface area contributed by atoms with Crippen LogP contribution in [0.5, 0.6) is 0 Å². The van der Waals surface area contributed by atoms with E-state index in [1.807, 2.05) is 0 Å². The van der Waals surface area contributed by atoms with Gasteiger partial charge in [0.25, 0.3) is 10.0 Å². The fourth-order valence-corrected chi connectivity index (χ4v) is 3.07.